The summed E-state index contributed by atoms with van der Waals surface area (Å²) in [4.78, 5) is 12.6. The van der Waals surface area contributed by atoms with Crippen molar-refractivity contribution >= 4 is 11.0 Å². The molecule has 10 heteroatoms. The molecular formula is C21H20O10. The molecule has 0 radical (unpaired) electrons. The van der Waals surface area contributed by atoms with Crippen molar-refractivity contribution in [2.24, 2.45) is 0 Å². The molecule has 0 bridgehead atoms. The van der Waals surface area contributed by atoms with E-state index >= 15 is 0 Å². The van der Waals surface area contributed by atoms with Crippen LogP contribution in [0, 0.1) is 0 Å². The summed E-state index contributed by atoms with van der Waals surface area (Å²) in [6, 6.07) is 7.87. The van der Waals surface area contributed by atoms with Crippen molar-refractivity contribution in [3.8, 4) is 34.3 Å². The Morgan fingerprint density at radius 3 is 2.32 bits per heavy atom. The van der Waals surface area contributed by atoms with Crippen molar-refractivity contribution < 1.29 is 44.5 Å². The Hall–Kier alpha value is -3.31. The van der Waals surface area contributed by atoms with Crippen LogP contribution in [-0.4, -0.2) is 61.3 Å². The number of aliphatic hydroxyl groups is 3. The minimum Gasteiger partial charge on any atom is -0.508 e. The van der Waals surface area contributed by atoms with Crippen LogP contribution in [0.15, 0.2) is 45.6 Å². The maximum atomic E-state index is 12.6. The standard InChI is InChI=1S/C21H20O10/c1-8(22)19-17(27)18(28)21(31-19)29-11-6-12(24)14-13(7-11)30-20(16(26)15(14)25)9-2-4-10(23)5-3-9/h2-8,17-19,21-24,26-28H,1H3/t8-,17-,18+,19+,21+/m0/s1. The number of benzene rings is 2. The van der Waals surface area contributed by atoms with E-state index in [-0.39, 0.29) is 28.2 Å². The number of fused-ring (bicyclic) bond motifs is 1. The molecule has 10 nitrogen and oxygen atoms in total. The molecule has 4 rings (SSSR count). The third-order valence-corrected chi connectivity index (χ3v) is 5.04. The van der Waals surface area contributed by atoms with E-state index in [9.17, 15) is 35.4 Å². The lowest BCUT2D eigenvalue weighted by molar-refractivity contribution is -0.128. The van der Waals surface area contributed by atoms with Gasteiger partial charge in [-0.3, -0.25) is 4.79 Å². The zero-order chi connectivity index (χ0) is 22.4. The number of aliphatic hydroxyl groups excluding tert-OH is 3. The van der Waals surface area contributed by atoms with Crippen molar-refractivity contribution in [2.45, 2.75) is 37.6 Å². The SMILES string of the molecule is C[C@H](O)[C@H]1O[C@@H](Oc2cc(O)c3c(=O)c(O)c(-c4ccc(O)cc4)oc3c2)[C@H](O)[C@@H]1O. The van der Waals surface area contributed by atoms with E-state index < -0.39 is 47.6 Å². The monoisotopic (exact) mass is 432 g/mol. The second-order valence-electron chi connectivity index (χ2n) is 7.28. The van der Waals surface area contributed by atoms with Crippen LogP contribution in [0.4, 0.5) is 0 Å². The Balaban J connectivity index is 1.75. The molecule has 1 fully saturated rings. The van der Waals surface area contributed by atoms with Crippen LogP contribution in [-0.2, 0) is 4.74 Å². The van der Waals surface area contributed by atoms with Crippen molar-refractivity contribution in [2.75, 3.05) is 0 Å². The molecule has 2 aromatic carbocycles. The van der Waals surface area contributed by atoms with Crippen LogP contribution in [0.25, 0.3) is 22.3 Å². The molecule has 0 unspecified atom stereocenters. The fraction of sp³-hybridized carbons (Fsp3) is 0.286. The second-order valence-corrected chi connectivity index (χ2v) is 7.28. The molecule has 0 spiro atoms. The van der Waals surface area contributed by atoms with E-state index in [1.165, 1.54) is 37.3 Å². The summed E-state index contributed by atoms with van der Waals surface area (Å²) < 4.78 is 16.5. The van der Waals surface area contributed by atoms with E-state index in [4.69, 9.17) is 13.9 Å². The van der Waals surface area contributed by atoms with Gasteiger partial charge in [-0.15, -0.1) is 0 Å². The number of aromatic hydroxyl groups is 3. The van der Waals surface area contributed by atoms with Crippen LogP contribution in [0.2, 0.25) is 0 Å². The summed E-state index contributed by atoms with van der Waals surface area (Å²) in [5.41, 5.74) is -0.700. The highest BCUT2D eigenvalue weighted by molar-refractivity contribution is 5.88. The predicted molar refractivity (Wildman–Crippen MR) is 106 cm³/mol. The van der Waals surface area contributed by atoms with Gasteiger partial charge < -0.3 is 44.5 Å². The van der Waals surface area contributed by atoms with Crippen molar-refractivity contribution in [1.29, 1.82) is 0 Å². The first-order valence-electron chi connectivity index (χ1n) is 9.36. The van der Waals surface area contributed by atoms with Crippen LogP contribution in [0.1, 0.15) is 6.92 Å². The van der Waals surface area contributed by atoms with Gasteiger partial charge in [-0.25, -0.2) is 0 Å². The molecule has 1 aromatic heterocycles. The molecule has 5 atom stereocenters. The lowest BCUT2D eigenvalue weighted by atomic mass is 10.1. The van der Waals surface area contributed by atoms with E-state index in [1.807, 2.05) is 0 Å². The largest absolute Gasteiger partial charge is 0.508 e. The van der Waals surface area contributed by atoms with E-state index in [1.54, 1.807) is 0 Å². The van der Waals surface area contributed by atoms with Crippen LogP contribution in [0.5, 0.6) is 23.0 Å². The zero-order valence-electron chi connectivity index (χ0n) is 16.2. The average Bonchev–Trinajstić information content (AvgIpc) is 3.00. The highest BCUT2D eigenvalue weighted by Crippen LogP contribution is 2.37. The van der Waals surface area contributed by atoms with Gasteiger partial charge in [0.25, 0.3) is 0 Å². The molecule has 3 aromatic rings. The van der Waals surface area contributed by atoms with Gasteiger partial charge >= 0.3 is 0 Å². The summed E-state index contributed by atoms with van der Waals surface area (Å²) in [5.74, 6) is -1.53. The van der Waals surface area contributed by atoms with E-state index in [0.717, 1.165) is 6.07 Å². The lowest BCUT2D eigenvalue weighted by Crippen LogP contribution is -2.38. The van der Waals surface area contributed by atoms with E-state index in [2.05, 4.69) is 0 Å². The van der Waals surface area contributed by atoms with Crippen molar-refractivity contribution in [3.05, 3.63) is 46.6 Å². The number of hydrogen-bond acceptors (Lipinski definition) is 10. The van der Waals surface area contributed by atoms with Gasteiger partial charge in [-0.1, -0.05) is 0 Å². The van der Waals surface area contributed by atoms with Gasteiger partial charge in [0.1, 0.15) is 46.5 Å². The summed E-state index contributed by atoms with van der Waals surface area (Å²) in [7, 11) is 0. The topological polar surface area (TPSA) is 170 Å². The molecule has 2 heterocycles. The minimum atomic E-state index is -1.48. The molecule has 1 saturated heterocycles. The van der Waals surface area contributed by atoms with Crippen LogP contribution in [0.3, 0.4) is 0 Å². The Bertz CT molecular complexity index is 1170. The number of hydrogen-bond donors (Lipinski definition) is 6. The Labute approximate surface area is 174 Å². The van der Waals surface area contributed by atoms with Crippen molar-refractivity contribution in [3.63, 3.8) is 0 Å². The lowest BCUT2D eigenvalue weighted by Gasteiger charge is -2.18. The maximum Gasteiger partial charge on any atom is 0.238 e. The molecule has 1 aliphatic heterocycles. The van der Waals surface area contributed by atoms with Gasteiger partial charge in [-0.2, -0.15) is 0 Å². The van der Waals surface area contributed by atoms with Crippen LogP contribution < -0.4 is 10.2 Å². The predicted octanol–water partition coefficient (Wildman–Crippen LogP) is 0.783. The van der Waals surface area contributed by atoms with Gasteiger partial charge in [-0.05, 0) is 31.2 Å². The molecule has 0 saturated carbocycles. The Morgan fingerprint density at radius 1 is 1.03 bits per heavy atom. The van der Waals surface area contributed by atoms with Gasteiger partial charge in [0, 0.05) is 17.7 Å². The van der Waals surface area contributed by atoms with E-state index in [0.29, 0.717) is 5.56 Å². The molecule has 0 amide bonds. The summed E-state index contributed by atoms with van der Waals surface area (Å²) >= 11 is 0. The summed E-state index contributed by atoms with van der Waals surface area (Å²) in [6.45, 7) is 1.39. The first-order valence-corrected chi connectivity index (χ1v) is 9.36. The van der Waals surface area contributed by atoms with Gasteiger partial charge in [0.05, 0.1) is 6.10 Å². The smallest absolute Gasteiger partial charge is 0.238 e. The highest BCUT2D eigenvalue weighted by atomic mass is 16.7. The minimum absolute atomic E-state index is 0.0208. The molecule has 0 aliphatic carbocycles. The first-order chi connectivity index (χ1) is 14.7. The third kappa shape index (κ3) is 3.66. The molecule has 1 aliphatic rings. The number of phenols is 2. The number of rotatable bonds is 4. The Morgan fingerprint density at radius 2 is 1.71 bits per heavy atom. The molecule has 6 N–H and O–H groups in total. The third-order valence-electron chi connectivity index (χ3n) is 5.04. The fourth-order valence-electron chi connectivity index (χ4n) is 3.44. The van der Waals surface area contributed by atoms with Crippen LogP contribution >= 0.6 is 0 Å². The maximum absolute atomic E-state index is 12.6. The molecular weight excluding hydrogens is 412 g/mol. The molecule has 164 valence electrons. The van der Waals surface area contributed by atoms with Gasteiger partial charge in [0.15, 0.2) is 5.76 Å². The normalized spacial score (nSPS) is 24.4. The summed E-state index contributed by atoms with van der Waals surface area (Å²) in [5, 5.41) is 59.5. The fourth-order valence-corrected chi connectivity index (χ4v) is 3.44. The average molecular weight is 432 g/mol. The highest BCUT2D eigenvalue weighted by Gasteiger charge is 2.46. The number of phenolic OH excluding ortho intramolecular Hbond substituents is 2. The quantitative estimate of drug-likeness (QED) is 0.346. The summed E-state index contributed by atoms with van der Waals surface area (Å²) in [6.07, 6.45) is -6.37. The molecule has 31 heavy (non-hydrogen) atoms. The first kappa shape index (κ1) is 20.9. The zero-order valence-corrected chi connectivity index (χ0v) is 16.2. The van der Waals surface area contributed by atoms with Crippen molar-refractivity contribution in [1.82, 2.24) is 0 Å². The van der Waals surface area contributed by atoms with Gasteiger partial charge in [0.2, 0.25) is 17.5 Å². The number of ether oxygens (including phenoxy) is 2. The second kappa shape index (κ2) is 7.75. The Kier molecular flexibility index (Phi) is 5.23.